The summed E-state index contributed by atoms with van der Waals surface area (Å²) < 4.78 is 11.2. The van der Waals surface area contributed by atoms with Crippen LogP contribution in [0, 0.1) is 0 Å². The minimum atomic E-state index is -1.57. The summed E-state index contributed by atoms with van der Waals surface area (Å²) in [5.74, 6) is -0.184. The monoisotopic (exact) mass is 820 g/mol. The van der Waals surface area contributed by atoms with E-state index in [1.54, 1.807) is 6.08 Å². The average molecular weight is 820 g/mol. The Morgan fingerprint density at radius 2 is 1.02 bits per heavy atom. The fraction of sp³-hybridized carbons (Fsp3) is 0.816. The molecule has 9 nitrogen and oxygen atoms in total. The smallest absolute Gasteiger partial charge is 0.220 e. The second-order valence-corrected chi connectivity index (χ2v) is 16.5. The minimum Gasteiger partial charge on any atom is -0.394 e. The van der Waals surface area contributed by atoms with Crippen LogP contribution in [0.15, 0.2) is 48.6 Å². The number of amides is 1. The van der Waals surface area contributed by atoms with E-state index in [4.69, 9.17) is 9.47 Å². The van der Waals surface area contributed by atoms with Crippen molar-refractivity contribution < 1.29 is 39.8 Å². The van der Waals surface area contributed by atoms with Gasteiger partial charge < -0.3 is 40.3 Å². The third-order valence-electron chi connectivity index (χ3n) is 11.1. The van der Waals surface area contributed by atoms with Crippen LogP contribution in [-0.4, -0.2) is 87.5 Å². The van der Waals surface area contributed by atoms with E-state index in [-0.39, 0.29) is 12.5 Å². The molecule has 0 saturated carbocycles. The molecular weight excluding hydrogens is 731 g/mol. The highest BCUT2D eigenvalue weighted by molar-refractivity contribution is 5.76. The lowest BCUT2D eigenvalue weighted by Gasteiger charge is -2.40. The number of hydrogen-bond acceptors (Lipinski definition) is 8. The van der Waals surface area contributed by atoms with E-state index in [1.165, 1.54) is 128 Å². The maximum absolute atomic E-state index is 12.9. The summed E-state index contributed by atoms with van der Waals surface area (Å²) in [4.78, 5) is 12.9. The van der Waals surface area contributed by atoms with Gasteiger partial charge in [0.15, 0.2) is 6.29 Å². The number of aliphatic hydroxyl groups excluding tert-OH is 5. The first-order valence-corrected chi connectivity index (χ1v) is 23.9. The van der Waals surface area contributed by atoms with Gasteiger partial charge in [0.25, 0.3) is 0 Å². The molecular formula is C49H89NO8. The summed E-state index contributed by atoms with van der Waals surface area (Å²) in [6.45, 7) is 3.71. The fourth-order valence-electron chi connectivity index (χ4n) is 7.28. The van der Waals surface area contributed by atoms with E-state index in [2.05, 4.69) is 55.6 Å². The zero-order valence-corrected chi connectivity index (χ0v) is 37.0. The van der Waals surface area contributed by atoms with Crippen LogP contribution >= 0.6 is 0 Å². The van der Waals surface area contributed by atoms with Crippen LogP contribution in [0.1, 0.15) is 200 Å². The Balaban J connectivity index is 2.18. The number of rotatable bonds is 39. The lowest BCUT2D eigenvalue weighted by Crippen LogP contribution is -2.60. The van der Waals surface area contributed by atoms with Crippen molar-refractivity contribution in [1.29, 1.82) is 0 Å². The molecule has 58 heavy (non-hydrogen) atoms. The summed E-state index contributed by atoms with van der Waals surface area (Å²) in [6, 6.07) is -0.803. The van der Waals surface area contributed by atoms with E-state index >= 15 is 0 Å². The molecule has 1 heterocycles. The first-order chi connectivity index (χ1) is 28.3. The standard InChI is InChI=1S/C49H89NO8/c1-3-5-7-9-11-13-14-15-16-17-18-19-20-21-22-23-24-25-26-27-28-29-30-31-33-35-37-39-45(53)50-42(43(52)38-36-34-32-12-10-8-6-4-2)41-57-49-48(56)47(55)46(54)44(40-51)58-49/h14-15,17-18,20-21,36,38,42-44,46-49,51-52,54-56H,3-13,16,19,22-35,37,39-41H2,1-2H3,(H,50,53)/b15-14-,18-17-,21-20-,38-36+. The molecule has 0 bridgehead atoms. The lowest BCUT2D eigenvalue weighted by molar-refractivity contribution is -0.302. The van der Waals surface area contributed by atoms with Gasteiger partial charge in [-0.05, 0) is 57.8 Å². The molecule has 1 aliphatic heterocycles. The molecule has 1 amide bonds. The molecule has 6 N–H and O–H groups in total. The Hall–Kier alpha value is -1.85. The second kappa shape index (κ2) is 39.3. The maximum atomic E-state index is 12.9. The number of allylic oxidation sites excluding steroid dienone is 7. The van der Waals surface area contributed by atoms with Crippen LogP contribution < -0.4 is 5.32 Å². The van der Waals surface area contributed by atoms with Gasteiger partial charge in [0, 0.05) is 6.42 Å². The van der Waals surface area contributed by atoms with E-state index < -0.39 is 49.5 Å². The van der Waals surface area contributed by atoms with Gasteiger partial charge in [-0.1, -0.05) is 184 Å². The van der Waals surface area contributed by atoms with Crippen molar-refractivity contribution in [1.82, 2.24) is 5.32 Å². The molecule has 7 atom stereocenters. The summed E-state index contributed by atoms with van der Waals surface area (Å²) in [5, 5.41) is 54.0. The molecule has 1 saturated heterocycles. The van der Waals surface area contributed by atoms with Crippen molar-refractivity contribution in [2.45, 2.75) is 243 Å². The molecule has 0 aromatic carbocycles. The quantitative estimate of drug-likeness (QED) is 0.0265. The number of carbonyl (C=O) groups is 1. The molecule has 0 aliphatic carbocycles. The summed E-state index contributed by atoms with van der Waals surface area (Å²) in [7, 11) is 0. The van der Waals surface area contributed by atoms with Crippen LogP contribution in [0.25, 0.3) is 0 Å². The summed E-state index contributed by atoms with van der Waals surface area (Å²) in [5.41, 5.74) is 0. The Morgan fingerprint density at radius 1 is 0.586 bits per heavy atom. The third-order valence-corrected chi connectivity index (χ3v) is 11.1. The Labute approximate surface area is 354 Å². The van der Waals surface area contributed by atoms with Crippen LogP contribution in [0.4, 0.5) is 0 Å². The molecule has 338 valence electrons. The second-order valence-electron chi connectivity index (χ2n) is 16.5. The van der Waals surface area contributed by atoms with Crippen molar-refractivity contribution in [3.05, 3.63) is 48.6 Å². The molecule has 1 fully saturated rings. The zero-order valence-electron chi connectivity index (χ0n) is 37.0. The lowest BCUT2D eigenvalue weighted by atomic mass is 9.99. The first-order valence-electron chi connectivity index (χ1n) is 23.9. The van der Waals surface area contributed by atoms with Crippen molar-refractivity contribution in [3.8, 4) is 0 Å². The van der Waals surface area contributed by atoms with Gasteiger partial charge >= 0.3 is 0 Å². The molecule has 0 aromatic rings. The van der Waals surface area contributed by atoms with Gasteiger partial charge in [0.05, 0.1) is 25.4 Å². The average Bonchev–Trinajstić information content (AvgIpc) is 3.22. The highest BCUT2D eigenvalue weighted by Crippen LogP contribution is 2.22. The SMILES string of the molecule is CCCCCCC/C=C\C/C=C\C/C=C\CCCCCCCCCCCCCCC(=O)NC(COC1OC(CO)C(O)C(O)C1O)C(O)/C=C/CCCCCCCC. The van der Waals surface area contributed by atoms with Gasteiger partial charge in [-0.2, -0.15) is 0 Å². The van der Waals surface area contributed by atoms with E-state index in [0.717, 1.165) is 51.4 Å². The highest BCUT2D eigenvalue weighted by atomic mass is 16.7. The number of hydrogen-bond donors (Lipinski definition) is 6. The predicted molar refractivity (Wildman–Crippen MR) is 239 cm³/mol. The maximum Gasteiger partial charge on any atom is 0.220 e. The van der Waals surface area contributed by atoms with E-state index in [1.807, 2.05) is 6.08 Å². The zero-order chi connectivity index (χ0) is 42.3. The number of nitrogens with one attached hydrogen (secondary N) is 1. The van der Waals surface area contributed by atoms with Crippen molar-refractivity contribution in [3.63, 3.8) is 0 Å². The molecule has 1 aliphatic rings. The van der Waals surface area contributed by atoms with Crippen molar-refractivity contribution in [2.24, 2.45) is 0 Å². The molecule has 7 unspecified atom stereocenters. The normalized spacial score (nSPS) is 21.3. The number of ether oxygens (including phenoxy) is 2. The van der Waals surface area contributed by atoms with Crippen LogP contribution in [0.2, 0.25) is 0 Å². The van der Waals surface area contributed by atoms with Gasteiger partial charge in [-0.25, -0.2) is 0 Å². The molecule has 0 spiro atoms. The minimum absolute atomic E-state index is 0.184. The Kier molecular flexibility index (Phi) is 36.7. The van der Waals surface area contributed by atoms with E-state index in [9.17, 15) is 30.3 Å². The number of aliphatic hydroxyl groups is 5. The van der Waals surface area contributed by atoms with Gasteiger partial charge in [-0.3, -0.25) is 4.79 Å². The molecule has 0 radical (unpaired) electrons. The summed E-state index contributed by atoms with van der Waals surface area (Å²) >= 11 is 0. The highest BCUT2D eigenvalue weighted by Gasteiger charge is 2.44. The largest absolute Gasteiger partial charge is 0.394 e. The predicted octanol–water partition coefficient (Wildman–Crippen LogP) is 10.2. The number of unbranched alkanes of at least 4 members (excludes halogenated alkanes) is 23. The van der Waals surface area contributed by atoms with Crippen LogP contribution in [0.5, 0.6) is 0 Å². The summed E-state index contributed by atoms with van der Waals surface area (Å²) in [6.07, 6.45) is 43.2. The van der Waals surface area contributed by atoms with Crippen molar-refractivity contribution >= 4 is 5.91 Å². The van der Waals surface area contributed by atoms with E-state index in [0.29, 0.717) is 6.42 Å². The Morgan fingerprint density at radius 3 is 1.50 bits per heavy atom. The molecule has 0 aromatic heterocycles. The topological polar surface area (TPSA) is 149 Å². The number of carbonyl (C=O) groups excluding carboxylic acids is 1. The van der Waals surface area contributed by atoms with Crippen LogP contribution in [-0.2, 0) is 14.3 Å². The Bertz CT molecular complexity index is 1050. The molecule has 9 heteroatoms. The van der Waals surface area contributed by atoms with Crippen LogP contribution in [0.3, 0.4) is 0 Å². The fourth-order valence-corrected chi connectivity index (χ4v) is 7.28. The van der Waals surface area contributed by atoms with Gasteiger partial charge in [0.2, 0.25) is 5.91 Å². The van der Waals surface area contributed by atoms with Gasteiger partial charge in [-0.15, -0.1) is 0 Å². The third kappa shape index (κ3) is 29.4. The molecule has 1 rings (SSSR count). The van der Waals surface area contributed by atoms with Crippen molar-refractivity contribution in [2.75, 3.05) is 13.2 Å². The van der Waals surface area contributed by atoms with Gasteiger partial charge in [0.1, 0.15) is 24.4 Å². The first kappa shape index (κ1) is 54.2.